The smallest absolute Gasteiger partial charge is 0.237 e. The first-order valence-electron chi connectivity index (χ1n) is 11.6. The van der Waals surface area contributed by atoms with Gasteiger partial charge in [-0.05, 0) is 60.5 Å². The summed E-state index contributed by atoms with van der Waals surface area (Å²) in [6.07, 6.45) is 7.47. The second kappa shape index (κ2) is 11.7. The van der Waals surface area contributed by atoms with Gasteiger partial charge in [-0.15, -0.1) is 17.8 Å². The van der Waals surface area contributed by atoms with E-state index in [9.17, 15) is 9.90 Å². The Morgan fingerprint density at radius 2 is 2.06 bits per heavy atom. The van der Waals surface area contributed by atoms with E-state index in [0.29, 0.717) is 25.7 Å². The van der Waals surface area contributed by atoms with E-state index in [1.165, 1.54) is 10.4 Å². The van der Waals surface area contributed by atoms with Gasteiger partial charge >= 0.3 is 0 Å². The lowest BCUT2D eigenvalue weighted by molar-refractivity contribution is -0.136. The van der Waals surface area contributed by atoms with Crippen molar-refractivity contribution in [1.82, 2.24) is 9.80 Å². The van der Waals surface area contributed by atoms with Gasteiger partial charge in [-0.1, -0.05) is 5.92 Å². The average Bonchev–Trinajstić information content (AvgIpc) is 3.59. The Hall–Kier alpha value is -2.57. The van der Waals surface area contributed by atoms with E-state index >= 15 is 0 Å². The van der Waals surface area contributed by atoms with Crippen LogP contribution in [-0.2, 0) is 16.0 Å². The van der Waals surface area contributed by atoms with Gasteiger partial charge in [0.15, 0.2) is 0 Å². The summed E-state index contributed by atoms with van der Waals surface area (Å²) in [5.74, 6) is 3.97. The molecule has 34 heavy (non-hydrogen) atoms. The number of hydrogen-bond donors (Lipinski definition) is 1. The van der Waals surface area contributed by atoms with Crippen molar-refractivity contribution in [1.29, 1.82) is 0 Å². The van der Waals surface area contributed by atoms with E-state index < -0.39 is 6.10 Å². The van der Waals surface area contributed by atoms with Gasteiger partial charge in [0.25, 0.3) is 0 Å². The standard InChI is InChI=1S/C26H32N2O5S/c1-3-13-32-17-20(29)15-27(19-4-5-19)16-26(30)28-12-10-25-23(11-14-34-25)24(28)18-33-22-8-6-21(31-2)7-9-22/h1,6-9,11,14,19-20,24,29H,4-5,10,12-13,15-18H2,2H3. The zero-order valence-electron chi connectivity index (χ0n) is 19.5. The molecule has 0 radical (unpaired) electrons. The number of methoxy groups -OCH3 is 1. The van der Waals surface area contributed by atoms with Crippen molar-refractivity contribution in [3.8, 4) is 23.8 Å². The molecule has 2 aromatic rings. The molecule has 1 N–H and O–H groups in total. The van der Waals surface area contributed by atoms with Gasteiger partial charge in [0.05, 0.1) is 32.4 Å². The molecule has 8 heteroatoms. The molecule has 2 atom stereocenters. The van der Waals surface area contributed by atoms with Crippen LogP contribution in [0.1, 0.15) is 29.3 Å². The Morgan fingerprint density at radius 1 is 1.29 bits per heavy atom. The average molecular weight is 485 g/mol. The van der Waals surface area contributed by atoms with E-state index in [1.807, 2.05) is 29.2 Å². The normalized spacial score (nSPS) is 18.3. The zero-order valence-corrected chi connectivity index (χ0v) is 20.3. The second-order valence-electron chi connectivity index (χ2n) is 8.67. The third-order valence-corrected chi connectivity index (χ3v) is 7.22. The maximum absolute atomic E-state index is 13.5. The van der Waals surface area contributed by atoms with Crippen molar-refractivity contribution >= 4 is 17.2 Å². The van der Waals surface area contributed by atoms with E-state index in [4.69, 9.17) is 20.6 Å². The number of fused-ring (bicyclic) bond motifs is 1. The molecule has 4 rings (SSSR count). The second-order valence-corrected chi connectivity index (χ2v) is 9.67. The molecule has 2 unspecified atom stereocenters. The molecule has 1 fully saturated rings. The monoisotopic (exact) mass is 484 g/mol. The van der Waals surface area contributed by atoms with Gasteiger partial charge in [0, 0.05) is 24.0 Å². The number of ether oxygens (including phenoxy) is 3. The third kappa shape index (κ3) is 6.30. The van der Waals surface area contributed by atoms with Crippen LogP contribution in [0.25, 0.3) is 0 Å². The summed E-state index contributed by atoms with van der Waals surface area (Å²) in [7, 11) is 1.63. The minimum absolute atomic E-state index is 0.0591. The number of aliphatic hydroxyl groups is 1. The summed E-state index contributed by atoms with van der Waals surface area (Å²) in [6, 6.07) is 9.77. The first kappa shape index (κ1) is 24.6. The maximum atomic E-state index is 13.5. The lowest BCUT2D eigenvalue weighted by atomic mass is 10.0. The van der Waals surface area contributed by atoms with Gasteiger partial charge in [-0.2, -0.15) is 0 Å². The largest absolute Gasteiger partial charge is 0.497 e. The molecule has 1 saturated carbocycles. The summed E-state index contributed by atoms with van der Waals surface area (Å²) in [5, 5.41) is 12.4. The van der Waals surface area contributed by atoms with E-state index in [-0.39, 0.29) is 31.7 Å². The van der Waals surface area contributed by atoms with Crippen LogP contribution in [0.3, 0.4) is 0 Å². The summed E-state index contributed by atoms with van der Waals surface area (Å²) < 4.78 is 16.6. The minimum Gasteiger partial charge on any atom is -0.497 e. The maximum Gasteiger partial charge on any atom is 0.237 e. The first-order chi connectivity index (χ1) is 16.6. The molecule has 0 spiro atoms. The quantitative estimate of drug-likeness (QED) is 0.369. The van der Waals surface area contributed by atoms with Crippen molar-refractivity contribution in [2.24, 2.45) is 0 Å². The molecule has 1 aromatic carbocycles. The molecule has 1 amide bonds. The topological polar surface area (TPSA) is 71.5 Å². The van der Waals surface area contributed by atoms with Crippen molar-refractivity contribution in [2.75, 3.05) is 46.6 Å². The SMILES string of the molecule is C#CCOCC(O)CN(CC(=O)N1CCc2sccc2C1COc1ccc(OC)cc1)C1CC1. The van der Waals surface area contributed by atoms with Crippen molar-refractivity contribution < 1.29 is 24.1 Å². The molecule has 2 aliphatic rings. The van der Waals surface area contributed by atoms with Crippen LogP contribution in [-0.4, -0.2) is 79.5 Å². The fourth-order valence-corrected chi connectivity index (χ4v) is 5.27. The predicted octanol–water partition coefficient (Wildman–Crippen LogP) is 2.74. The fraction of sp³-hybridized carbons (Fsp3) is 0.500. The highest BCUT2D eigenvalue weighted by molar-refractivity contribution is 7.10. The van der Waals surface area contributed by atoms with Crippen LogP contribution in [0.5, 0.6) is 11.5 Å². The summed E-state index contributed by atoms with van der Waals surface area (Å²) in [6.45, 7) is 2.05. The molecular weight excluding hydrogens is 452 g/mol. The number of nitrogens with zero attached hydrogens (tertiary/aromatic N) is 2. The molecule has 1 aliphatic heterocycles. The van der Waals surface area contributed by atoms with Crippen LogP contribution >= 0.6 is 11.3 Å². The molecule has 182 valence electrons. The molecule has 1 aliphatic carbocycles. The van der Waals surface area contributed by atoms with Gasteiger partial charge < -0.3 is 24.2 Å². The van der Waals surface area contributed by atoms with Crippen molar-refractivity contribution in [2.45, 2.75) is 37.5 Å². The summed E-state index contributed by atoms with van der Waals surface area (Å²) in [5.41, 5.74) is 1.17. The van der Waals surface area contributed by atoms with E-state index in [1.54, 1.807) is 18.4 Å². The fourth-order valence-electron chi connectivity index (χ4n) is 4.35. The summed E-state index contributed by atoms with van der Waals surface area (Å²) in [4.78, 5) is 18.8. The molecule has 2 heterocycles. The highest BCUT2D eigenvalue weighted by Crippen LogP contribution is 2.35. The number of carbonyl (C=O) groups is 1. The number of amides is 1. The molecular formula is C26H32N2O5S. The Kier molecular flexibility index (Phi) is 8.46. The Bertz CT molecular complexity index is 982. The zero-order chi connectivity index (χ0) is 23.9. The van der Waals surface area contributed by atoms with E-state index in [2.05, 4.69) is 22.3 Å². The molecule has 0 bridgehead atoms. The Labute approximate surface area is 205 Å². The first-order valence-corrected chi connectivity index (χ1v) is 12.5. The summed E-state index contributed by atoms with van der Waals surface area (Å²) >= 11 is 1.73. The Balaban J connectivity index is 1.41. The lowest BCUT2D eigenvalue weighted by Crippen LogP contribution is -2.48. The van der Waals surface area contributed by atoms with Crippen molar-refractivity contribution in [3.05, 3.63) is 46.2 Å². The molecule has 1 aromatic heterocycles. The van der Waals surface area contributed by atoms with Crippen LogP contribution in [0.4, 0.5) is 0 Å². The van der Waals surface area contributed by atoms with Crippen LogP contribution in [0, 0.1) is 12.3 Å². The van der Waals surface area contributed by atoms with Crippen LogP contribution in [0.2, 0.25) is 0 Å². The number of thiophene rings is 1. The molecule has 7 nitrogen and oxygen atoms in total. The van der Waals surface area contributed by atoms with Gasteiger partial charge in [-0.3, -0.25) is 9.69 Å². The van der Waals surface area contributed by atoms with Crippen molar-refractivity contribution in [3.63, 3.8) is 0 Å². The van der Waals surface area contributed by atoms with E-state index in [0.717, 1.165) is 30.8 Å². The number of rotatable bonds is 12. The van der Waals surface area contributed by atoms with Crippen LogP contribution in [0.15, 0.2) is 35.7 Å². The minimum atomic E-state index is -0.680. The number of aliphatic hydroxyl groups excluding tert-OH is 1. The van der Waals surface area contributed by atoms with Crippen LogP contribution < -0.4 is 9.47 Å². The van der Waals surface area contributed by atoms with Gasteiger partial charge in [0.1, 0.15) is 24.7 Å². The number of hydrogen-bond acceptors (Lipinski definition) is 7. The van der Waals surface area contributed by atoms with Gasteiger partial charge in [-0.25, -0.2) is 0 Å². The molecule has 0 saturated heterocycles. The Morgan fingerprint density at radius 3 is 2.76 bits per heavy atom. The third-order valence-electron chi connectivity index (χ3n) is 6.23. The lowest BCUT2D eigenvalue weighted by Gasteiger charge is -2.37. The number of carbonyl (C=O) groups excluding carboxylic acids is 1. The highest BCUT2D eigenvalue weighted by Gasteiger charge is 2.36. The number of benzene rings is 1. The van der Waals surface area contributed by atoms with Gasteiger partial charge in [0.2, 0.25) is 5.91 Å². The predicted molar refractivity (Wildman–Crippen MR) is 131 cm³/mol. The highest BCUT2D eigenvalue weighted by atomic mass is 32.1. The number of terminal acetylenes is 1.